The fourth-order valence-electron chi connectivity index (χ4n) is 1.55. The van der Waals surface area contributed by atoms with E-state index in [-0.39, 0.29) is 0 Å². The first kappa shape index (κ1) is 8.57. The number of carbonyl (C=O) groups is 1. The summed E-state index contributed by atoms with van der Waals surface area (Å²) in [5, 5.41) is 0. The number of hydrogen-bond acceptors (Lipinski definition) is 1. The van der Waals surface area contributed by atoms with E-state index in [4.69, 9.17) is 0 Å². The van der Waals surface area contributed by atoms with Gasteiger partial charge in [-0.25, -0.2) is 0 Å². The molecular formula is C9H17NO. The van der Waals surface area contributed by atoms with Crippen LogP contribution in [-0.4, -0.2) is 23.4 Å². The number of likely N-dealkylation sites (tertiary alicyclic amines) is 1. The zero-order valence-corrected chi connectivity index (χ0v) is 7.63. The Morgan fingerprint density at radius 2 is 2.27 bits per heavy atom. The van der Waals surface area contributed by atoms with E-state index in [2.05, 4.69) is 20.8 Å². The summed E-state index contributed by atoms with van der Waals surface area (Å²) in [6.07, 6.45) is 1.80. The molecule has 2 heteroatoms. The smallest absolute Gasteiger partial charge is 0.222 e. The fourth-order valence-corrected chi connectivity index (χ4v) is 1.55. The largest absolute Gasteiger partial charge is 0.340 e. The SMILES string of the molecule is CC(C)CN1C(=O)CCC1C. The molecule has 0 radical (unpaired) electrons. The van der Waals surface area contributed by atoms with Gasteiger partial charge in [0.15, 0.2) is 0 Å². The van der Waals surface area contributed by atoms with E-state index in [1.807, 2.05) is 4.90 Å². The Hall–Kier alpha value is -0.530. The maximum absolute atomic E-state index is 11.2. The van der Waals surface area contributed by atoms with Gasteiger partial charge in [-0.3, -0.25) is 4.79 Å². The van der Waals surface area contributed by atoms with Crippen LogP contribution in [0.5, 0.6) is 0 Å². The first-order valence-corrected chi connectivity index (χ1v) is 4.40. The first-order valence-electron chi connectivity index (χ1n) is 4.40. The third-order valence-electron chi connectivity index (χ3n) is 2.19. The van der Waals surface area contributed by atoms with Gasteiger partial charge in [-0.1, -0.05) is 13.8 Å². The van der Waals surface area contributed by atoms with Crippen LogP contribution in [0.3, 0.4) is 0 Å². The molecule has 0 aliphatic carbocycles. The minimum atomic E-state index is 0.339. The van der Waals surface area contributed by atoms with Crippen molar-refractivity contribution in [3.63, 3.8) is 0 Å². The van der Waals surface area contributed by atoms with Crippen LogP contribution in [0.25, 0.3) is 0 Å². The maximum atomic E-state index is 11.2. The average molecular weight is 155 g/mol. The molecule has 1 aliphatic rings. The highest BCUT2D eigenvalue weighted by atomic mass is 16.2. The molecule has 0 spiro atoms. The molecule has 1 aliphatic heterocycles. The first-order chi connectivity index (χ1) is 5.11. The minimum Gasteiger partial charge on any atom is -0.340 e. The molecule has 0 N–H and O–H groups in total. The van der Waals surface area contributed by atoms with Crippen molar-refractivity contribution < 1.29 is 4.79 Å². The van der Waals surface area contributed by atoms with E-state index in [9.17, 15) is 4.79 Å². The lowest BCUT2D eigenvalue weighted by Gasteiger charge is -2.23. The van der Waals surface area contributed by atoms with E-state index in [0.29, 0.717) is 17.9 Å². The molecule has 1 amide bonds. The molecule has 11 heavy (non-hydrogen) atoms. The second-order valence-corrected chi connectivity index (χ2v) is 3.83. The third-order valence-corrected chi connectivity index (χ3v) is 2.19. The average Bonchev–Trinajstić information content (AvgIpc) is 2.18. The van der Waals surface area contributed by atoms with Crippen molar-refractivity contribution in [2.24, 2.45) is 5.92 Å². The quantitative estimate of drug-likeness (QED) is 0.594. The van der Waals surface area contributed by atoms with Gasteiger partial charge in [0, 0.05) is 19.0 Å². The van der Waals surface area contributed by atoms with Crippen LogP contribution in [-0.2, 0) is 4.79 Å². The van der Waals surface area contributed by atoms with E-state index in [1.165, 1.54) is 0 Å². The molecule has 64 valence electrons. The molecule has 1 unspecified atom stereocenters. The number of hydrogen-bond donors (Lipinski definition) is 0. The van der Waals surface area contributed by atoms with E-state index in [0.717, 1.165) is 19.4 Å². The van der Waals surface area contributed by atoms with Gasteiger partial charge >= 0.3 is 0 Å². The Morgan fingerprint density at radius 3 is 2.64 bits per heavy atom. The lowest BCUT2D eigenvalue weighted by molar-refractivity contribution is -0.129. The fraction of sp³-hybridized carbons (Fsp3) is 0.889. The Balaban J connectivity index is 2.48. The summed E-state index contributed by atoms with van der Waals surface area (Å²) in [5.41, 5.74) is 0. The molecule has 1 heterocycles. The summed E-state index contributed by atoms with van der Waals surface area (Å²) in [5.74, 6) is 0.936. The molecule has 0 aromatic heterocycles. The molecule has 1 atom stereocenters. The van der Waals surface area contributed by atoms with Gasteiger partial charge < -0.3 is 4.90 Å². The van der Waals surface area contributed by atoms with Gasteiger partial charge in [0.2, 0.25) is 5.91 Å². The van der Waals surface area contributed by atoms with Crippen LogP contribution < -0.4 is 0 Å². The van der Waals surface area contributed by atoms with Crippen LogP contribution in [0.1, 0.15) is 33.6 Å². The second-order valence-electron chi connectivity index (χ2n) is 3.83. The zero-order chi connectivity index (χ0) is 8.43. The van der Waals surface area contributed by atoms with Gasteiger partial charge in [-0.2, -0.15) is 0 Å². The predicted molar refractivity (Wildman–Crippen MR) is 45.2 cm³/mol. The van der Waals surface area contributed by atoms with E-state index < -0.39 is 0 Å². The van der Waals surface area contributed by atoms with Crippen LogP contribution in [0.15, 0.2) is 0 Å². The topological polar surface area (TPSA) is 20.3 Å². The van der Waals surface area contributed by atoms with Crippen molar-refractivity contribution in [3.05, 3.63) is 0 Å². The van der Waals surface area contributed by atoms with Crippen molar-refractivity contribution in [2.45, 2.75) is 39.7 Å². The summed E-state index contributed by atoms with van der Waals surface area (Å²) >= 11 is 0. The molecule has 1 fully saturated rings. The monoisotopic (exact) mass is 155 g/mol. The van der Waals surface area contributed by atoms with Gasteiger partial charge in [-0.15, -0.1) is 0 Å². The molecular weight excluding hydrogens is 138 g/mol. The Labute approximate surface area is 68.6 Å². The normalized spacial score (nSPS) is 25.3. The lowest BCUT2D eigenvalue weighted by atomic mass is 10.2. The zero-order valence-electron chi connectivity index (χ0n) is 7.63. The standard InChI is InChI=1S/C9H17NO/c1-7(2)6-10-8(3)4-5-9(10)11/h7-8H,4-6H2,1-3H3. The molecule has 0 saturated carbocycles. The van der Waals surface area contributed by atoms with Crippen LogP contribution in [0, 0.1) is 5.92 Å². The van der Waals surface area contributed by atoms with Crippen LogP contribution in [0.4, 0.5) is 0 Å². The highest BCUT2D eigenvalue weighted by Gasteiger charge is 2.27. The molecule has 1 saturated heterocycles. The van der Waals surface area contributed by atoms with Gasteiger partial charge in [-0.05, 0) is 19.3 Å². The molecule has 1 rings (SSSR count). The van der Waals surface area contributed by atoms with E-state index >= 15 is 0 Å². The number of carbonyl (C=O) groups excluding carboxylic acids is 1. The maximum Gasteiger partial charge on any atom is 0.222 e. The highest BCUT2D eigenvalue weighted by molar-refractivity contribution is 5.78. The summed E-state index contributed by atoms with van der Waals surface area (Å²) in [6.45, 7) is 7.36. The molecule has 0 aromatic rings. The number of amides is 1. The minimum absolute atomic E-state index is 0.339. The van der Waals surface area contributed by atoms with Crippen molar-refractivity contribution in [1.82, 2.24) is 4.90 Å². The summed E-state index contributed by atoms with van der Waals surface area (Å²) in [7, 11) is 0. The molecule has 2 nitrogen and oxygen atoms in total. The van der Waals surface area contributed by atoms with Crippen LogP contribution >= 0.6 is 0 Å². The third kappa shape index (κ3) is 1.95. The van der Waals surface area contributed by atoms with Gasteiger partial charge in [0.05, 0.1) is 0 Å². The number of nitrogens with zero attached hydrogens (tertiary/aromatic N) is 1. The molecule has 0 aromatic carbocycles. The van der Waals surface area contributed by atoms with Crippen molar-refractivity contribution in [2.75, 3.05) is 6.54 Å². The van der Waals surface area contributed by atoms with Crippen molar-refractivity contribution in [1.29, 1.82) is 0 Å². The lowest BCUT2D eigenvalue weighted by Crippen LogP contribution is -2.34. The van der Waals surface area contributed by atoms with Crippen molar-refractivity contribution in [3.8, 4) is 0 Å². The summed E-state index contributed by atoms with van der Waals surface area (Å²) in [4.78, 5) is 13.3. The van der Waals surface area contributed by atoms with Crippen molar-refractivity contribution >= 4 is 5.91 Å². The summed E-state index contributed by atoms with van der Waals surface area (Å²) in [6, 6.07) is 0.477. The molecule has 0 bridgehead atoms. The summed E-state index contributed by atoms with van der Waals surface area (Å²) < 4.78 is 0. The Bertz CT molecular complexity index is 154. The van der Waals surface area contributed by atoms with E-state index in [1.54, 1.807) is 0 Å². The number of rotatable bonds is 2. The van der Waals surface area contributed by atoms with Gasteiger partial charge in [0.1, 0.15) is 0 Å². The van der Waals surface area contributed by atoms with Gasteiger partial charge in [0.25, 0.3) is 0 Å². The Morgan fingerprint density at radius 1 is 1.64 bits per heavy atom. The van der Waals surface area contributed by atoms with Crippen LogP contribution in [0.2, 0.25) is 0 Å². The Kier molecular flexibility index (Phi) is 2.53. The highest BCUT2D eigenvalue weighted by Crippen LogP contribution is 2.18. The second kappa shape index (κ2) is 3.24. The predicted octanol–water partition coefficient (Wildman–Crippen LogP) is 1.65.